The number of ketones is 1. The summed E-state index contributed by atoms with van der Waals surface area (Å²) in [5.74, 6) is -1.72. The van der Waals surface area contributed by atoms with E-state index in [4.69, 9.17) is 4.74 Å². The number of amides is 1. The molecule has 0 fully saturated rings. The molecule has 0 saturated heterocycles. The second-order valence-electron chi connectivity index (χ2n) is 5.15. The molecule has 2 rings (SSSR count). The molecule has 6 heteroatoms. The van der Waals surface area contributed by atoms with Crippen LogP contribution in [0.5, 0.6) is 0 Å². The summed E-state index contributed by atoms with van der Waals surface area (Å²) >= 11 is 0. The summed E-state index contributed by atoms with van der Waals surface area (Å²) in [5, 5.41) is 2.54. The van der Waals surface area contributed by atoms with Gasteiger partial charge in [-0.1, -0.05) is 24.3 Å². The smallest absolute Gasteiger partial charge is 0.310 e. The van der Waals surface area contributed by atoms with Gasteiger partial charge in [0.05, 0.1) is 6.42 Å². The molecule has 0 radical (unpaired) electrons. The number of anilines is 1. The highest BCUT2D eigenvalue weighted by Crippen LogP contribution is 2.11. The number of benzene rings is 2. The minimum atomic E-state index is -0.631. The number of hydrogen-bond donors (Lipinski definition) is 1. The Hall–Kier alpha value is -3.02. The SMILES string of the molecule is CC(=O)c1cccc(NC(=O)COC(=O)Cc2cccc(F)c2)c1. The fourth-order valence-electron chi connectivity index (χ4n) is 2.02. The highest BCUT2D eigenvalue weighted by molar-refractivity contribution is 5.97. The van der Waals surface area contributed by atoms with Crippen molar-refractivity contribution < 1.29 is 23.5 Å². The van der Waals surface area contributed by atoms with Gasteiger partial charge in [-0.25, -0.2) is 4.39 Å². The lowest BCUT2D eigenvalue weighted by Gasteiger charge is -2.07. The van der Waals surface area contributed by atoms with Crippen molar-refractivity contribution in [1.82, 2.24) is 0 Å². The molecule has 0 aliphatic heterocycles. The number of halogens is 1. The van der Waals surface area contributed by atoms with E-state index >= 15 is 0 Å². The summed E-state index contributed by atoms with van der Waals surface area (Å²) in [5.41, 5.74) is 1.37. The number of carbonyl (C=O) groups excluding carboxylic acids is 3. The van der Waals surface area contributed by atoms with Crippen LogP contribution in [-0.4, -0.2) is 24.3 Å². The summed E-state index contributed by atoms with van der Waals surface area (Å²) < 4.78 is 17.9. The second-order valence-corrected chi connectivity index (χ2v) is 5.15. The summed E-state index contributed by atoms with van der Waals surface area (Å²) in [7, 11) is 0. The maximum absolute atomic E-state index is 13.0. The zero-order chi connectivity index (χ0) is 17.5. The largest absolute Gasteiger partial charge is 0.455 e. The Bertz CT molecular complexity index is 773. The van der Waals surface area contributed by atoms with Crippen LogP contribution < -0.4 is 5.32 Å². The third-order valence-electron chi connectivity index (χ3n) is 3.15. The lowest BCUT2D eigenvalue weighted by atomic mass is 10.1. The van der Waals surface area contributed by atoms with E-state index in [1.807, 2.05) is 0 Å². The first-order valence-corrected chi connectivity index (χ1v) is 7.25. The molecule has 5 nitrogen and oxygen atoms in total. The predicted molar refractivity (Wildman–Crippen MR) is 86.1 cm³/mol. The minimum absolute atomic E-state index is 0.118. The second kappa shape index (κ2) is 8.01. The first kappa shape index (κ1) is 17.3. The quantitative estimate of drug-likeness (QED) is 0.653. The van der Waals surface area contributed by atoms with Gasteiger partial charge in [0.1, 0.15) is 5.82 Å². The van der Waals surface area contributed by atoms with Crippen LogP contribution in [0.25, 0.3) is 0 Å². The highest BCUT2D eigenvalue weighted by atomic mass is 19.1. The molecule has 1 N–H and O–H groups in total. The maximum Gasteiger partial charge on any atom is 0.310 e. The van der Waals surface area contributed by atoms with Gasteiger partial charge in [-0.2, -0.15) is 0 Å². The Labute approximate surface area is 138 Å². The van der Waals surface area contributed by atoms with E-state index in [1.54, 1.807) is 24.3 Å². The molecule has 2 aromatic carbocycles. The predicted octanol–water partition coefficient (Wildman–Crippen LogP) is 2.75. The summed E-state index contributed by atoms with van der Waals surface area (Å²) in [4.78, 5) is 34.7. The minimum Gasteiger partial charge on any atom is -0.455 e. The molecule has 0 spiro atoms. The number of Topliss-reactive ketones (excluding diaryl/α,β-unsaturated/α-hetero) is 1. The Morgan fingerprint density at radius 3 is 2.54 bits per heavy atom. The van der Waals surface area contributed by atoms with Gasteiger partial charge in [0.25, 0.3) is 5.91 Å². The third-order valence-corrected chi connectivity index (χ3v) is 3.15. The van der Waals surface area contributed by atoms with Gasteiger partial charge >= 0.3 is 5.97 Å². The van der Waals surface area contributed by atoms with Gasteiger partial charge in [-0.3, -0.25) is 14.4 Å². The molecular weight excluding hydrogens is 313 g/mol. The molecule has 0 atom stereocenters. The van der Waals surface area contributed by atoms with E-state index in [2.05, 4.69) is 5.32 Å². The van der Waals surface area contributed by atoms with E-state index in [1.165, 1.54) is 31.2 Å². The van der Waals surface area contributed by atoms with Crippen molar-refractivity contribution in [2.24, 2.45) is 0 Å². The van der Waals surface area contributed by atoms with Gasteiger partial charge in [-0.05, 0) is 36.8 Å². The number of ether oxygens (including phenoxy) is 1. The Kier molecular flexibility index (Phi) is 5.78. The summed E-state index contributed by atoms with van der Waals surface area (Å²) in [6, 6.07) is 12.0. The number of rotatable bonds is 6. The zero-order valence-electron chi connectivity index (χ0n) is 13.0. The lowest BCUT2D eigenvalue weighted by Crippen LogP contribution is -2.21. The molecule has 0 aliphatic rings. The molecule has 0 unspecified atom stereocenters. The van der Waals surface area contributed by atoms with E-state index < -0.39 is 24.3 Å². The summed E-state index contributed by atoms with van der Waals surface area (Å²) in [6.45, 7) is 0.966. The fraction of sp³-hybridized carbons (Fsp3) is 0.167. The molecule has 124 valence electrons. The molecular formula is C18H16FNO4. The van der Waals surface area contributed by atoms with Gasteiger partial charge in [0.2, 0.25) is 0 Å². The van der Waals surface area contributed by atoms with Crippen molar-refractivity contribution in [3.63, 3.8) is 0 Å². The van der Waals surface area contributed by atoms with Crippen LogP contribution in [0.4, 0.5) is 10.1 Å². The first-order valence-electron chi connectivity index (χ1n) is 7.25. The third kappa shape index (κ3) is 5.31. The van der Waals surface area contributed by atoms with Gasteiger partial charge in [0.15, 0.2) is 12.4 Å². The average Bonchev–Trinajstić information content (AvgIpc) is 2.53. The zero-order valence-corrected chi connectivity index (χ0v) is 13.0. The number of nitrogens with one attached hydrogen (secondary N) is 1. The van der Waals surface area contributed by atoms with Crippen LogP contribution in [-0.2, 0) is 20.7 Å². The monoisotopic (exact) mass is 329 g/mol. The van der Waals surface area contributed by atoms with Crippen LogP contribution in [0.2, 0.25) is 0 Å². The first-order chi connectivity index (χ1) is 11.4. The normalized spacial score (nSPS) is 10.1. The van der Waals surface area contributed by atoms with Crippen molar-refractivity contribution in [3.8, 4) is 0 Å². The summed E-state index contributed by atoms with van der Waals surface area (Å²) in [6.07, 6.45) is -0.120. The van der Waals surface area contributed by atoms with Crippen molar-refractivity contribution in [1.29, 1.82) is 0 Å². The van der Waals surface area contributed by atoms with Gasteiger partial charge < -0.3 is 10.1 Å². The number of esters is 1. The van der Waals surface area contributed by atoms with E-state index in [9.17, 15) is 18.8 Å². The molecule has 0 aliphatic carbocycles. The molecule has 0 heterocycles. The van der Waals surface area contributed by atoms with Crippen molar-refractivity contribution in [2.75, 3.05) is 11.9 Å². The van der Waals surface area contributed by atoms with Gasteiger partial charge in [-0.15, -0.1) is 0 Å². The lowest BCUT2D eigenvalue weighted by molar-refractivity contribution is -0.146. The number of hydrogen-bond acceptors (Lipinski definition) is 4. The van der Waals surface area contributed by atoms with Crippen LogP contribution in [0, 0.1) is 5.82 Å². The Balaban J connectivity index is 1.83. The fourth-order valence-corrected chi connectivity index (χ4v) is 2.02. The molecule has 24 heavy (non-hydrogen) atoms. The van der Waals surface area contributed by atoms with Crippen LogP contribution >= 0.6 is 0 Å². The molecule has 0 bridgehead atoms. The van der Waals surface area contributed by atoms with Crippen molar-refractivity contribution >= 4 is 23.3 Å². The maximum atomic E-state index is 13.0. The van der Waals surface area contributed by atoms with Crippen molar-refractivity contribution in [2.45, 2.75) is 13.3 Å². The van der Waals surface area contributed by atoms with Gasteiger partial charge in [0, 0.05) is 11.3 Å². The van der Waals surface area contributed by atoms with E-state index in [0.717, 1.165) is 0 Å². The van der Waals surface area contributed by atoms with Crippen molar-refractivity contribution in [3.05, 3.63) is 65.5 Å². The van der Waals surface area contributed by atoms with Crippen LogP contribution in [0.3, 0.4) is 0 Å². The van der Waals surface area contributed by atoms with E-state index in [-0.39, 0.29) is 12.2 Å². The van der Waals surface area contributed by atoms with Crippen LogP contribution in [0.1, 0.15) is 22.8 Å². The number of carbonyl (C=O) groups is 3. The Morgan fingerprint density at radius 1 is 1.08 bits per heavy atom. The standard InChI is InChI=1S/C18H16FNO4/c1-12(21)14-5-3-7-16(10-14)20-17(22)11-24-18(23)9-13-4-2-6-15(19)8-13/h2-8,10H,9,11H2,1H3,(H,20,22). The van der Waals surface area contributed by atoms with E-state index in [0.29, 0.717) is 16.8 Å². The average molecular weight is 329 g/mol. The molecule has 0 saturated carbocycles. The molecule has 0 aromatic heterocycles. The van der Waals surface area contributed by atoms with Crippen LogP contribution in [0.15, 0.2) is 48.5 Å². The topological polar surface area (TPSA) is 72.5 Å². The molecule has 1 amide bonds. The molecule has 2 aromatic rings. The Morgan fingerprint density at radius 2 is 1.83 bits per heavy atom. The highest BCUT2D eigenvalue weighted by Gasteiger charge is 2.10.